The highest BCUT2D eigenvalue weighted by atomic mass is 16.3. The largest absolute Gasteiger partial charge is 0.396 e. The van der Waals surface area contributed by atoms with Gasteiger partial charge < -0.3 is 15.5 Å². The van der Waals surface area contributed by atoms with Gasteiger partial charge in [0.25, 0.3) is 0 Å². The fourth-order valence-electron chi connectivity index (χ4n) is 3.85. The van der Waals surface area contributed by atoms with Gasteiger partial charge in [-0.25, -0.2) is 0 Å². The Balaban J connectivity index is 0.000000745. The van der Waals surface area contributed by atoms with Gasteiger partial charge in [-0.1, -0.05) is 77.6 Å². The standard InChI is InChI=1S/C18H29NO2.C7H14O.C2H6/c1-3-5-12-19-13-10-16(11-14-20)15-6-8-17(9-7-15)18(21)4-2;8-6-7-4-2-1-3-5-7;1-2/h6-9,16,19-20H,3-5,10-14H2,1-2H3;7-8H,1-6H2;1-2H3. The number of carbonyl (C=O) groups excluding carboxylic acids is 1. The fraction of sp³-hybridized carbons (Fsp3) is 0.741. The second-order valence-electron chi connectivity index (χ2n) is 8.19. The predicted molar refractivity (Wildman–Crippen MR) is 133 cm³/mol. The van der Waals surface area contributed by atoms with Crippen molar-refractivity contribution in [3.63, 3.8) is 0 Å². The number of Topliss-reactive ketones (excluding diaryl/α,β-unsaturated/α-hetero) is 1. The summed E-state index contributed by atoms with van der Waals surface area (Å²) < 4.78 is 0. The monoisotopic (exact) mass is 435 g/mol. The Morgan fingerprint density at radius 1 is 1.00 bits per heavy atom. The van der Waals surface area contributed by atoms with E-state index in [1.54, 1.807) is 0 Å². The van der Waals surface area contributed by atoms with E-state index in [0.29, 0.717) is 24.9 Å². The third kappa shape index (κ3) is 13.7. The smallest absolute Gasteiger partial charge is 0.162 e. The zero-order chi connectivity index (χ0) is 23.3. The lowest BCUT2D eigenvalue weighted by atomic mass is 9.90. The van der Waals surface area contributed by atoms with Gasteiger partial charge in [-0.05, 0) is 62.6 Å². The molecule has 31 heavy (non-hydrogen) atoms. The average Bonchev–Trinajstić information content (AvgIpc) is 2.85. The van der Waals surface area contributed by atoms with Gasteiger partial charge >= 0.3 is 0 Å². The highest BCUT2D eigenvalue weighted by Gasteiger charge is 2.12. The van der Waals surface area contributed by atoms with E-state index < -0.39 is 0 Å². The Kier molecular flexibility index (Phi) is 19.8. The number of benzene rings is 1. The molecule has 1 aromatic rings. The lowest BCUT2D eigenvalue weighted by molar-refractivity contribution is 0.0988. The third-order valence-corrected chi connectivity index (χ3v) is 5.86. The van der Waals surface area contributed by atoms with Crippen molar-refractivity contribution in [1.29, 1.82) is 0 Å². The highest BCUT2D eigenvalue weighted by Crippen LogP contribution is 2.24. The molecule has 4 heteroatoms. The molecule has 3 N–H and O–H groups in total. The number of nitrogens with one attached hydrogen (secondary N) is 1. The fourth-order valence-corrected chi connectivity index (χ4v) is 3.85. The van der Waals surface area contributed by atoms with E-state index in [4.69, 9.17) is 5.11 Å². The summed E-state index contributed by atoms with van der Waals surface area (Å²) in [5.41, 5.74) is 2.00. The molecule has 0 heterocycles. The number of aliphatic hydroxyl groups is 2. The molecule has 0 aromatic heterocycles. The van der Waals surface area contributed by atoms with Crippen LogP contribution in [0.1, 0.15) is 114 Å². The molecule has 1 atom stereocenters. The van der Waals surface area contributed by atoms with Crippen molar-refractivity contribution in [2.75, 3.05) is 26.3 Å². The minimum Gasteiger partial charge on any atom is -0.396 e. The number of hydrogen-bond donors (Lipinski definition) is 3. The summed E-state index contributed by atoms with van der Waals surface area (Å²) in [4.78, 5) is 11.6. The Morgan fingerprint density at radius 2 is 1.65 bits per heavy atom. The Labute approximate surface area is 191 Å². The molecular formula is C27H49NO3. The maximum Gasteiger partial charge on any atom is 0.162 e. The van der Waals surface area contributed by atoms with Crippen LogP contribution in [-0.4, -0.2) is 42.3 Å². The summed E-state index contributed by atoms with van der Waals surface area (Å²) in [6.45, 7) is 10.7. The second-order valence-corrected chi connectivity index (χ2v) is 8.19. The van der Waals surface area contributed by atoms with Crippen LogP contribution in [-0.2, 0) is 0 Å². The molecule has 1 unspecified atom stereocenters. The van der Waals surface area contributed by atoms with E-state index >= 15 is 0 Å². The summed E-state index contributed by atoms with van der Waals surface area (Å²) >= 11 is 0. The Morgan fingerprint density at radius 3 is 2.13 bits per heavy atom. The van der Waals surface area contributed by atoms with E-state index in [2.05, 4.69) is 12.2 Å². The number of unbranched alkanes of at least 4 members (excludes halogenated alkanes) is 1. The van der Waals surface area contributed by atoms with Gasteiger partial charge in [0.05, 0.1) is 0 Å². The molecule has 2 rings (SSSR count). The second kappa shape index (κ2) is 20.7. The van der Waals surface area contributed by atoms with Gasteiger partial charge in [0.15, 0.2) is 5.78 Å². The van der Waals surface area contributed by atoms with E-state index in [0.717, 1.165) is 31.5 Å². The molecule has 0 amide bonds. The zero-order valence-electron chi connectivity index (χ0n) is 20.7. The van der Waals surface area contributed by atoms with Crippen molar-refractivity contribution in [2.45, 2.75) is 97.8 Å². The Bertz CT molecular complexity index is 524. The first-order valence-corrected chi connectivity index (χ1v) is 12.7. The van der Waals surface area contributed by atoms with Crippen molar-refractivity contribution < 1.29 is 15.0 Å². The molecule has 0 radical (unpaired) electrons. The van der Waals surface area contributed by atoms with Crippen LogP contribution < -0.4 is 5.32 Å². The van der Waals surface area contributed by atoms with Crippen LogP contribution in [0.4, 0.5) is 0 Å². The first kappa shape index (κ1) is 29.8. The van der Waals surface area contributed by atoms with Crippen molar-refractivity contribution in [3.8, 4) is 0 Å². The minimum atomic E-state index is 0.182. The average molecular weight is 436 g/mol. The number of aliphatic hydroxyl groups excluding tert-OH is 2. The van der Waals surface area contributed by atoms with Crippen LogP contribution in [0.5, 0.6) is 0 Å². The molecular weight excluding hydrogens is 386 g/mol. The molecule has 1 aliphatic rings. The van der Waals surface area contributed by atoms with Crippen molar-refractivity contribution in [2.24, 2.45) is 5.92 Å². The van der Waals surface area contributed by atoms with Crippen LogP contribution in [0.15, 0.2) is 24.3 Å². The summed E-state index contributed by atoms with van der Waals surface area (Å²) in [6.07, 6.45) is 11.3. The summed E-state index contributed by atoms with van der Waals surface area (Å²) in [5, 5.41) is 21.4. The predicted octanol–water partition coefficient (Wildman–Crippen LogP) is 6.11. The first-order valence-electron chi connectivity index (χ1n) is 12.7. The van der Waals surface area contributed by atoms with Crippen LogP contribution in [0, 0.1) is 5.92 Å². The topological polar surface area (TPSA) is 69.6 Å². The molecule has 0 aliphatic heterocycles. The quantitative estimate of drug-likeness (QED) is 0.274. The number of hydrogen-bond acceptors (Lipinski definition) is 4. The van der Waals surface area contributed by atoms with Gasteiger partial charge in [0.2, 0.25) is 0 Å². The van der Waals surface area contributed by atoms with Gasteiger partial charge in [0.1, 0.15) is 0 Å². The molecule has 0 bridgehead atoms. The van der Waals surface area contributed by atoms with Crippen LogP contribution in [0.2, 0.25) is 0 Å². The van der Waals surface area contributed by atoms with Crippen LogP contribution >= 0.6 is 0 Å². The molecule has 0 saturated heterocycles. The molecule has 180 valence electrons. The van der Waals surface area contributed by atoms with E-state index in [-0.39, 0.29) is 12.4 Å². The maximum absolute atomic E-state index is 11.6. The normalized spacial score (nSPS) is 14.6. The molecule has 1 aromatic carbocycles. The lowest BCUT2D eigenvalue weighted by Gasteiger charge is -2.18. The van der Waals surface area contributed by atoms with Crippen LogP contribution in [0.3, 0.4) is 0 Å². The van der Waals surface area contributed by atoms with E-state index in [1.165, 1.54) is 50.5 Å². The molecule has 1 fully saturated rings. The number of rotatable bonds is 12. The third-order valence-electron chi connectivity index (χ3n) is 5.86. The SMILES string of the molecule is CC.CCCCNCCC(CCO)c1ccc(C(=O)CC)cc1.OCC1CCCCC1. The van der Waals surface area contributed by atoms with Crippen molar-refractivity contribution in [1.82, 2.24) is 5.32 Å². The Hall–Kier alpha value is -1.23. The molecule has 0 spiro atoms. The summed E-state index contributed by atoms with van der Waals surface area (Å²) in [7, 11) is 0. The lowest BCUT2D eigenvalue weighted by Crippen LogP contribution is -2.19. The summed E-state index contributed by atoms with van der Waals surface area (Å²) in [6, 6.07) is 7.90. The summed E-state index contributed by atoms with van der Waals surface area (Å²) in [5.74, 6) is 1.18. The van der Waals surface area contributed by atoms with Crippen molar-refractivity contribution >= 4 is 5.78 Å². The van der Waals surface area contributed by atoms with E-state index in [1.807, 2.05) is 45.0 Å². The van der Waals surface area contributed by atoms with Crippen LogP contribution in [0.25, 0.3) is 0 Å². The van der Waals surface area contributed by atoms with E-state index in [9.17, 15) is 9.90 Å². The maximum atomic E-state index is 11.6. The van der Waals surface area contributed by atoms with Gasteiger partial charge in [-0.2, -0.15) is 0 Å². The number of carbonyl (C=O) groups is 1. The first-order chi connectivity index (χ1) is 15.2. The van der Waals surface area contributed by atoms with Crippen molar-refractivity contribution in [3.05, 3.63) is 35.4 Å². The molecule has 1 saturated carbocycles. The minimum absolute atomic E-state index is 0.182. The molecule has 4 nitrogen and oxygen atoms in total. The molecule has 1 aliphatic carbocycles. The van der Waals surface area contributed by atoms with Gasteiger partial charge in [-0.15, -0.1) is 0 Å². The zero-order valence-corrected chi connectivity index (χ0v) is 20.7. The highest BCUT2D eigenvalue weighted by molar-refractivity contribution is 5.95. The number of ketones is 1. The van der Waals surface area contributed by atoms with Gasteiger partial charge in [0, 0.05) is 25.2 Å². The van der Waals surface area contributed by atoms with Gasteiger partial charge in [-0.3, -0.25) is 4.79 Å².